The molecule has 3 rings (SSSR count). The van der Waals surface area contributed by atoms with Gasteiger partial charge in [-0.25, -0.2) is 4.98 Å². The molecule has 0 unspecified atom stereocenters. The standard InChI is InChI=1S/C21H23N3O3/c1-4-7-15-10-11-18(19(12-15)26-3)27-14-21(25)22-13-20-23-16-8-5-6-9-17(16)24(20)2/h4-6,8-12H,1,7,13-14H2,2-3H3,(H,22,25). The van der Waals surface area contributed by atoms with Crippen LogP contribution >= 0.6 is 0 Å². The topological polar surface area (TPSA) is 65.4 Å². The van der Waals surface area contributed by atoms with Crippen LogP contribution < -0.4 is 14.8 Å². The van der Waals surface area contributed by atoms with E-state index in [1.165, 1.54) is 0 Å². The molecule has 27 heavy (non-hydrogen) atoms. The van der Waals surface area contributed by atoms with Gasteiger partial charge in [0.05, 0.1) is 24.7 Å². The van der Waals surface area contributed by atoms with Crippen LogP contribution in [0.15, 0.2) is 55.1 Å². The van der Waals surface area contributed by atoms with Gasteiger partial charge in [0.2, 0.25) is 0 Å². The molecule has 6 nitrogen and oxygen atoms in total. The third-order valence-electron chi connectivity index (χ3n) is 4.29. The number of fused-ring (bicyclic) bond motifs is 1. The Morgan fingerprint density at radius 1 is 1.26 bits per heavy atom. The lowest BCUT2D eigenvalue weighted by atomic mass is 10.1. The molecule has 0 bridgehead atoms. The lowest BCUT2D eigenvalue weighted by molar-refractivity contribution is -0.123. The van der Waals surface area contributed by atoms with Gasteiger partial charge >= 0.3 is 0 Å². The largest absolute Gasteiger partial charge is 0.493 e. The van der Waals surface area contributed by atoms with Gasteiger partial charge in [-0.3, -0.25) is 4.79 Å². The summed E-state index contributed by atoms with van der Waals surface area (Å²) in [6.45, 7) is 3.97. The summed E-state index contributed by atoms with van der Waals surface area (Å²) in [5.74, 6) is 1.69. The van der Waals surface area contributed by atoms with Crippen molar-refractivity contribution in [2.24, 2.45) is 7.05 Å². The molecule has 0 saturated carbocycles. The molecule has 0 saturated heterocycles. The fourth-order valence-corrected chi connectivity index (χ4v) is 2.85. The van der Waals surface area contributed by atoms with Gasteiger partial charge in [0, 0.05) is 7.05 Å². The van der Waals surface area contributed by atoms with Crippen LogP contribution in [0.4, 0.5) is 0 Å². The second-order valence-corrected chi connectivity index (χ2v) is 6.12. The molecule has 1 amide bonds. The van der Waals surface area contributed by atoms with E-state index in [2.05, 4.69) is 16.9 Å². The molecule has 0 spiro atoms. The second kappa shape index (κ2) is 8.40. The number of carbonyl (C=O) groups is 1. The number of carbonyl (C=O) groups excluding carboxylic acids is 1. The maximum atomic E-state index is 12.2. The number of benzene rings is 2. The third kappa shape index (κ3) is 4.28. The quantitative estimate of drug-likeness (QED) is 0.623. The molecule has 0 fully saturated rings. The number of para-hydroxylation sites is 2. The summed E-state index contributed by atoms with van der Waals surface area (Å²) in [6, 6.07) is 13.5. The normalized spacial score (nSPS) is 10.6. The van der Waals surface area contributed by atoms with Crippen molar-refractivity contribution < 1.29 is 14.3 Å². The van der Waals surface area contributed by atoms with E-state index in [0.29, 0.717) is 18.0 Å². The number of rotatable bonds is 8. The fraction of sp³-hybridized carbons (Fsp3) is 0.238. The van der Waals surface area contributed by atoms with Crippen LogP contribution in [-0.4, -0.2) is 29.2 Å². The Hall–Kier alpha value is -3.28. The van der Waals surface area contributed by atoms with Gasteiger partial charge < -0.3 is 19.4 Å². The van der Waals surface area contributed by atoms with Crippen LogP contribution in [0, 0.1) is 0 Å². The number of allylic oxidation sites excluding steroid dienone is 1. The number of imidazole rings is 1. The van der Waals surface area contributed by atoms with Crippen LogP contribution in [-0.2, 0) is 24.8 Å². The van der Waals surface area contributed by atoms with Gasteiger partial charge in [-0.1, -0.05) is 24.3 Å². The van der Waals surface area contributed by atoms with Gasteiger partial charge in [-0.2, -0.15) is 0 Å². The molecule has 0 aliphatic rings. The Morgan fingerprint density at radius 3 is 2.81 bits per heavy atom. The smallest absolute Gasteiger partial charge is 0.258 e. The molecule has 0 atom stereocenters. The monoisotopic (exact) mass is 365 g/mol. The number of nitrogens with one attached hydrogen (secondary N) is 1. The average molecular weight is 365 g/mol. The van der Waals surface area contributed by atoms with Crippen molar-refractivity contribution in [2.75, 3.05) is 13.7 Å². The Bertz CT molecular complexity index is 962. The highest BCUT2D eigenvalue weighted by Gasteiger charge is 2.11. The molecule has 1 heterocycles. The van der Waals surface area contributed by atoms with Gasteiger partial charge in [-0.15, -0.1) is 6.58 Å². The number of aryl methyl sites for hydroxylation is 1. The van der Waals surface area contributed by atoms with E-state index in [9.17, 15) is 4.79 Å². The highest BCUT2D eigenvalue weighted by atomic mass is 16.5. The SMILES string of the molecule is C=CCc1ccc(OCC(=O)NCc2nc3ccccc3n2C)c(OC)c1. The minimum absolute atomic E-state index is 0.0961. The number of ether oxygens (including phenoxy) is 2. The number of aromatic nitrogens is 2. The average Bonchev–Trinajstić information content (AvgIpc) is 3.01. The van der Waals surface area contributed by atoms with E-state index in [0.717, 1.165) is 28.8 Å². The summed E-state index contributed by atoms with van der Waals surface area (Å²) < 4.78 is 12.9. The summed E-state index contributed by atoms with van der Waals surface area (Å²) in [7, 11) is 3.51. The Kier molecular flexibility index (Phi) is 5.76. The van der Waals surface area contributed by atoms with Gasteiger partial charge in [-0.05, 0) is 36.2 Å². The van der Waals surface area contributed by atoms with E-state index in [1.54, 1.807) is 13.2 Å². The molecule has 2 aromatic carbocycles. The maximum Gasteiger partial charge on any atom is 0.258 e. The third-order valence-corrected chi connectivity index (χ3v) is 4.29. The molecular formula is C21H23N3O3. The van der Waals surface area contributed by atoms with E-state index in [1.807, 2.05) is 54.1 Å². The van der Waals surface area contributed by atoms with Crippen molar-refractivity contribution >= 4 is 16.9 Å². The molecule has 0 aliphatic heterocycles. The van der Waals surface area contributed by atoms with Crippen LogP contribution in [0.5, 0.6) is 11.5 Å². The minimum atomic E-state index is -0.223. The van der Waals surface area contributed by atoms with Crippen LogP contribution in [0.25, 0.3) is 11.0 Å². The van der Waals surface area contributed by atoms with Crippen molar-refractivity contribution in [3.63, 3.8) is 0 Å². The van der Waals surface area contributed by atoms with Gasteiger partial charge in [0.1, 0.15) is 5.82 Å². The lowest BCUT2D eigenvalue weighted by Crippen LogP contribution is -2.29. The Balaban J connectivity index is 1.58. The summed E-state index contributed by atoms with van der Waals surface area (Å²) >= 11 is 0. The molecule has 0 aliphatic carbocycles. The molecule has 0 radical (unpaired) electrons. The van der Waals surface area contributed by atoms with Crippen molar-refractivity contribution in [3.05, 3.63) is 66.5 Å². The predicted molar refractivity (Wildman–Crippen MR) is 105 cm³/mol. The summed E-state index contributed by atoms with van der Waals surface area (Å²) in [5.41, 5.74) is 3.01. The lowest BCUT2D eigenvalue weighted by Gasteiger charge is -2.12. The summed E-state index contributed by atoms with van der Waals surface area (Å²) in [5, 5.41) is 2.84. The van der Waals surface area contributed by atoms with Crippen LogP contribution in [0.1, 0.15) is 11.4 Å². The number of hydrogen-bond acceptors (Lipinski definition) is 4. The van der Waals surface area contributed by atoms with E-state index in [4.69, 9.17) is 9.47 Å². The molecule has 140 valence electrons. The highest BCUT2D eigenvalue weighted by molar-refractivity contribution is 5.78. The number of methoxy groups -OCH3 is 1. The van der Waals surface area contributed by atoms with E-state index < -0.39 is 0 Å². The van der Waals surface area contributed by atoms with Crippen LogP contribution in [0.3, 0.4) is 0 Å². The molecule has 6 heteroatoms. The Morgan fingerprint density at radius 2 is 2.07 bits per heavy atom. The van der Waals surface area contributed by atoms with Gasteiger partial charge in [0.25, 0.3) is 5.91 Å². The van der Waals surface area contributed by atoms with Crippen molar-refractivity contribution in [2.45, 2.75) is 13.0 Å². The minimum Gasteiger partial charge on any atom is -0.493 e. The molecular weight excluding hydrogens is 342 g/mol. The first-order valence-electron chi connectivity index (χ1n) is 8.70. The number of amides is 1. The first kappa shape index (κ1) is 18.5. The molecule has 1 aromatic heterocycles. The first-order valence-corrected chi connectivity index (χ1v) is 8.70. The van der Waals surface area contributed by atoms with Crippen molar-refractivity contribution in [1.29, 1.82) is 0 Å². The van der Waals surface area contributed by atoms with Crippen LogP contribution in [0.2, 0.25) is 0 Å². The second-order valence-electron chi connectivity index (χ2n) is 6.12. The van der Waals surface area contributed by atoms with E-state index >= 15 is 0 Å². The van der Waals surface area contributed by atoms with Crippen molar-refractivity contribution in [1.82, 2.24) is 14.9 Å². The molecule has 3 aromatic rings. The fourth-order valence-electron chi connectivity index (χ4n) is 2.85. The maximum absolute atomic E-state index is 12.2. The summed E-state index contributed by atoms with van der Waals surface area (Å²) in [6.07, 6.45) is 2.57. The van der Waals surface area contributed by atoms with E-state index in [-0.39, 0.29) is 12.5 Å². The zero-order valence-electron chi connectivity index (χ0n) is 15.6. The Labute approximate surface area is 158 Å². The zero-order chi connectivity index (χ0) is 19.2. The number of nitrogens with zero attached hydrogens (tertiary/aromatic N) is 2. The number of hydrogen-bond donors (Lipinski definition) is 1. The predicted octanol–water partition coefficient (Wildman–Crippen LogP) is 3.01. The highest BCUT2D eigenvalue weighted by Crippen LogP contribution is 2.28. The first-order chi connectivity index (χ1) is 13.1. The van der Waals surface area contributed by atoms with Crippen molar-refractivity contribution in [3.8, 4) is 11.5 Å². The summed E-state index contributed by atoms with van der Waals surface area (Å²) in [4.78, 5) is 16.7. The zero-order valence-corrected chi connectivity index (χ0v) is 15.6. The van der Waals surface area contributed by atoms with Gasteiger partial charge in [0.15, 0.2) is 18.1 Å². The molecule has 1 N–H and O–H groups in total.